The Morgan fingerprint density at radius 2 is 1.93 bits per heavy atom. The first-order valence-corrected chi connectivity index (χ1v) is 4.55. The van der Waals surface area contributed by atoms with E-state index in [0.717, 1.165) is 0 Å². The molecule has 1 rings (SSSR count). The molecular formula is C8H15NO6. The molecule has 0 saturated carbocycles. The molecule has 88 valence electrons. The van der Waals surface area contributed by atoms with Crippen LogP contribution in [0.5, 0.6) is 0 Å². The molecule has 7 nitrogen and oxygen atoms in total. The number of aliphatic hydroxyl groups excluding tert-OH is 4. The lowest BCUT2D eigenvalue weighted by Crippen LogP contribution is -2.63. The first-order valence-electron chi connectivity index (χ1n) is 4.55. The predicted molar refractivity (Wildman–Crippen MR) is 47.6 cm³/mol. The van der Waals surface area contributed by atoms with Gasteiger partial charge in [-0.2, -0.15) is 0 Å². The molecule has 15 heavy (non-hydrogen) atoms. The van der Waals surface area contributed by atoms with Crippen molar-refractivity contribution in [2.75, 3.05) is 6.61 Å². The smallest absolute Gasteiger partial charge is 0.217 e. The van der Waals surface area contributed by atoms with Gasteiger partial charge < -0.3 is 30.5 Å². The third-order valence-electron chi connectivity index (χ3n) is 2.27. The van der Waals surface area contributed by atoms with E-state index in [-0.39, 0.29) is 0 Å². The maximum absolute atomic E-state index is 10.7. The Balaban J connectivity index is 2.70. The fourth-order valence-corrected chi connectivity index (χ4v) is 1.49. The van der Waals surface area contributed by atoms with Crippen LogP contribution < -0.4 is 5.32 Å². The molecule has 0 aromatic rings. The minimum Gasteiger partial charge on any atom is -0.394 e. The summed E-state index contributed by atoms with van der Waals surface area (Å²) < 4.78 is 4.81. The molecule has 0 aromatic carbocycles. The molecule has 0 radical (unpaired) electrons. The maximum Gasteiger partial charge on any atom is 0.217 e. The number of carbonyl (C=O) groups excluding carboxylic acids is 1. The second-order valence-electron chi connectivity index (χ2n) is 3.46. The van der Waals surface area contributed by atoms with Crippen molar-refractivity contribution in [3.05, 3.63) is 0 Å². The molecule has 1 amide bonds. The molecule has 0 aliphatic carbocycles. The lowest BCUT2D eigenvalue weighted by Gasteiger charge is -2.40. The molecule has 1 unspecified atom stereocenters. The zero-order valence-electron chi connectivity index (χ0n) is 8.20. The van der Waals surface area contributed by atoms with E-state index >= 15 is 0 Å². The first kappa shape index (κ1) is 12.3. The molecule has 0 bridgehead atoms. The first-order chi connectivity index (χ1) is 6.97. The van der Waals surface area contributed by atoms with Crippen LogP contribution in [-0.2, 0) is 9.53 Å². The molecular weight excluding hydrogens is 206 g/mol. The van der Waals surface area contributed by atoms with Crippen LogP contribution in [0.15, 0.2) is 0 Å². The van der Waals surface area contributed by atoms with Crippen LogP contribution in [0, 0.1) is 0 Å². The highest BCUT2D eigenvalue weighted by Crippen LogP contribution is 2.19. The van der Waals surface area contributed by atoms with E-state index in [1.165, 1.54) is 6.92 Å². The standard InChI is InChI=1S/C8H15NO6/c1-3(11)9-5-7(13)6(12)4(2-10)15-8(5)14/h4-8,10,12-14H,2H2,1H3,(H,9,11)/t4?,5-,6+,7-,8-/m1/s1. The molecule has 5 N–H and O–H groups in total. The number of hydrogen-bond acceptors (Lipinski definition) is 6. The van der Waals surface area contributed by atoms with E-state index in [1.807, 2.05) is 0 Å². The van der Waals surface area contributed by atoms with Gasteiger partial charge in [0.2, 0.25) is 5.91 Å². The predicted octanol–water partition coefficient (Wildman–Crippen LogP) is -3.08. The van der Waals surface area contributed by atoms with Gasteiger partial charge in [-0.15, -0.1) is 0 Å². The summed E-state index contributed by atoms with van der Waals surface area (Å²) in [5.41, 5.74) is 0. The third-order valence-corrected chi connectivity index (χ3v) is 2.27. The zero-order chi connectivity index (χ0) is 11.6. The SMILES string of the molecule is CC(=O)N[C@@H]1[C@@H](O)[C@@H](O)C(CO)O[C@H]1O. The van der Waals surface area contributed by atoms with Crippen LogP contribution in [0.4, 0.5) is 0 Å². The van der Waals surface area contributed by atoms with Crippen molar-refractivity contribution in [3.8, 4) is 0 Å². The molecule has 1 aliphatic rings. The summed E-state index contributed by atoms with van der Waals surface area (Å²) in [4.78, 5) is 10.7. The van der Waals surface area contributed by atoms with Crippen molar-refractivity contribution < 1.29 is 30.0 Å². The average molecular weight is 221 g/mol. The molecule has 0 spiro atoms. The number of rotatable bonds is 2. The van der Waals surface area contributed by atoms with E-state index < -0.39 is 43.2 Å². The van der Waals surface area contributed by atoms with Gasteiger partial charge in [0, 0.05) is 6.92 Å². The molecule has 0 aromatic heterocycles. The second-order valence-corrected chi connectivity index (χ2v) is 3.46. The molecule has 1 heterocycles. The number of nitrogens with one attached hydrogen (secondary N) is 1. The average Bonchev–Trinajstić information content (AvgIpc) is 2.18. The van der Waals surface area contributed by atoms with Crippen molar-refractivity contribution in [2.45, 2.75) is 37.6 Å². The van der Waals surface area contributed by atoms with Crippen LogP contribution in [0.3, 0.4) is 0 Å². The highest BCUT2D eigenvalue weighted by molar-refractivity contribution is 5.73. The van der Waals surface area contributed by atoms with Crippen LogP contribution in [0.2, 0.25) is 0 Å². The van der Waals surface area contributed by atoms with E-state index in [0.29, 0.717) is 0 Å². The van der Waals surface area contributed by atoms with E-state index in [9.17, 15) is 20.1 Å². The van der Waals surface area contributed by atoms with E-state index in [1.54, 1.807) is 0 Å². The molecule has 7 heteroatoms. The third kappa shape index (κ3) is 2.64. The van der Waals surface area contributed by atoms with Crippen molar-refractivity contribution >= 4 is 5.91 Å². The molecule has 1 fully saturated rings. The minimum absolute atomic E-state index is 0.462. The van der Waals surface area contributed by atoms with Crippen LogP contribution >= 0.6 is 0 Å². The Morgan fingerprint density at radius 1 is 1.33 bits per heavy atom. The Bertz CT molecular complexity index is 235. The van der Waals surface area contributed by atoms with Gasteiger partial charge >= 0.3 is 0 Å². The Kier molecular flexibility index (Phi) is 4.00. The van der Waals surface area contributed by atoms with Gasteiger partial charge in [0.05, 0.1) is 6.61 Å². The fraction of sp³-hybridized carbons (Fsp3) is 0.875. The topological polar surface area (TPSA) is 119 Å². The summed E-state index contributed by atoms with van der Waals surface area (Å²) in [7, 11) is 0. The van der Waals surface area contributed by atoms with Crippen LogP contribution in [-0.4, -0.2) is 63.6 Å². The van der Waals surface area contributed by atoms with Gasteiger partial charge in [-0.25, -0.2) is 0 Å². The quantitative estimate of drug-likeness (QED) is 0.337. The van der Waals surface area contributed by atoms with Crippen molar-refractivity contribution in [3.63, 3.8) is 0 Å². The van der Waals surface area contributed by atoms with Crippen molar-refractivity contribution in [1.82, 2.24) is 5.32 Å². The van der Waals surface area contributed by atoms with Crippen LogP contribution in [0.25, 0.3) is 0 Å². The van der Waals surface area contributed by atoms with Gasteiger partial charge in [-0.1, -0.05) is 0 Å². The van der Waals surface area contributed by atoms with Gasteiger partial charge in [-0.3, -0.25) is 4.79 Å². The fourth-order valence-electron chi connectivity index (χ4n) is 1.49. The Labute approximate surface area is 86.3 Å². The maximum atomic E-state index is 10.7. The summed E-state index contributed by atoms with van der Waals surface area (Å²) in [5, 5.41) is 39.4. The normalized spacial score (nSPS) is 41.3. The van der Waals surface area contributed by atoms with Gasteiger partial charge in [-0.05, 0) is 0 Å². The number of carbonyl (C=O) groups is 1. The summed E-state index contributed by atoms with van der Waals surface area (Å²) in [5.74, 6) is -0.462. The number of aliphatic hydroxyl groups is 4. The Morgan fingerprint density at radius 3 is 2.40 bits per heavy atom. The molecule has 1 aliphatic heterocycles. The highest BCUT2D eigenvalue weighted by atomic mass is 16.6. The van der Waals surface area contributed by atoms with Crippen LogP contribution in [0.1, 0.15) is 6.92 Å². The summed E-state index contributed by atoms with van der Waals surface area (Å²) >= 11 is 0. The van der Waals surface area contributed by atoms with Crippen molar-refractivity contribution in [1.29, 1.82) is 0 Å². The van der Waals surface area contributed by atoms with Crippen molar-refractivity contribution in [2.24, 2.45) is 0 Å². The van der Waals surface area contributed by atoms with Gasteiger partial charge in [0.25, 0.3) is 0 Å². The number of amides is 1. The van der Waals surface area contributed by atoms with Gasteiger partial charge in [0.1, 0.15) is 24.4 Å². The second kappa shape index (κ2) is 4.86. The van der Waals surface area contributed by atoms with E-state index in [2.05, 4.69) is 5.32 Å². The molecule has 5 atom stereocenters. The lowest BCUT2D eigenvalue weighted by molar-refractivity contribution is -0.253. The highest BCUT2D eigenvalue weighted by Gasteiger charge is 2.43. The summed E-state index contributed by atoms with van der Waals surface area (Å²) in [6.07, 6.45) is -5.24. The summed E-state index contributed by atoms with van der Waals surface area (Å²) in [6.45, 7) is 0.687. The monoisotopic (exact) mass is 221 g/mol. The zero-order valence-corrected chi connectivity index (χ0v) is 8.20. The Hall–Kier alpha value is -0.730. The molecule has 1 saturated heterocycles. The lowest BCUT2D eigenvalue weighted by atomic mass is 9.97. The summed E-state index contributed by atoms with van der Waals surface area (Å²) in [6, 6.07) is -1.10. The minimum atomic E-state index is -1.45. The number of ether oxygens (including phenoxy) is 1. The van der Waals surface area contributed by atoms with Gasteiger partial charge in [0.15, 0.2) is 6.29 Å². The number of hydrogen-bond donors (Lipinski definition) is 5. The van der Waals surface area contributed by atoms with E-state index in [4.69, 9.17) is 9.84 Å². The largest absolute Gasteiger partial charge is 0.394 e.